The molecule has 1 fully saturated rings. The van der Waals surface area contributed by atoms with E-state index in [1.165, 1.54) is 30.5 Å². The molecule has 184 valence electrons. The molecule has 0 radical (unpaired) electrons. The highest BCUT2D eigenvalue weighted by molar-refractivity contribution is 5.76. The maximum Gasteiger partial charge on any atom is 0.325 e. The zero-order valence-corrected chi connectivity index (χ0v) is 20.5. The number of ether oxygens (including phenoxy) is 1. The molecule has 2 atom stereocenters. The molecule has 2 aliphatic rings. The molecule has 2 aliphatic heterocycles. The zero-order valence-electron chi connectivity index (χ0n) is 20.5. The number of carbonyl (C=O) groups is 1. The van der Waals surface area contributed by atoms with Crippen LogP contribution in [0.4, 0.5) is 5.82 Å². The average molecular weight is 467 g/mol. The van der Waals surface area contributed by atoms with E-state index in [2.05, 4.69) is 27.3 Å². The van der Waals surface area contributed by atoms with Gasteiger partial charge in [0.25, 0.3) is 0 Å². The molecule has 4 rings (SSSR count). The van der Waals surface area contributed by atoms with Gasteiger partial charge < -0.3 is 15.2 Å². The molecule has 0 spiro atoms. The maximum absolute atomic E-state index is 12.2. The lowest BCUT2D eigenvalue weighted by atomic mass is 9.99. The predicted molar refractivity (Wildman–Crippen MR) is 133 cm³/mol. The molecule has 7 nitrogen and oxygen atoms in total. The Balaban J connectivity index is 1.24. The summed E-state index contributed by atoms with van der Waals surface area (Å²) in [6.07, 6.45) is 12.3. The minimum Gasteiger partial charge on any atom is -0.489 e. The molecule has 0 aliphatic carbocycles. The number of aryl methyl sites for hydroxylation is 2. The first-order valence-corrected chi connectivity index (χ1v) is 12.8. The fourth-order valence-electron chi connectivity index (χ4n) is 5.21. The number of aromatic nitrogens is 2. The Kier molecular flexibility index (Phi) is 8.38. The summed E-state index contributed by atoms with van der Waals surface area (Å²) in [5.41, 5.74) is 3.22. The summed E-state index contributed by atoms with van der Waals surface area (Å²) in [6.45, 7) is 6.53. The van der Waals surface area contributed by atoms with Crippen molar-refractivity contribution in [3.8, 4) is 5.75 Å². The number of fused-ring (bicyclic) bond motifs is 1. The van der Waals surface area contributed by atoms with E-state index in [0.717, 1.165) is 57.6 Å². The van der Waals surface area contributed by atoms with Crippen molar-refractivity contribution >= 4 is 11.8 Å². The van der Waals surface area contributed by atoms with Gasteiger partial charge in [0, 0.05) is 30.5 Å². The van der Waals surface area contributed by atoms with E-state index in [1.54, 1.807) is 18.5 Å². The van der Waals surface area contributed by atoms with Gasteiger partial charge in [-0.1, -0.05) is 18.9 Å². The second-order valence-corrected chi connectivity index (χ2v) is 9.91. The van der Waals surface area contributed by atoms with Gasteiger partial charge >= 0.3 is 5.97 Å². The summed E-state index contributed by atoms with van der Waals surface area (Å²) < 4.78 is 5.86. The van der Waals surface area contributed by atoms with Crippen molar-refractivity contribution < 1.29 is 14.6 Å². The predicted octanol–water partition coefficient (Wildman–Crippen LogP) is 4.87. The van der Waals surface area contributed by atoms with Crippen molar-refractivity contribution in [3.05, 3.63) is 47.4 Å². The van der Waals surface area contributed by atoms with Crippen LogP contribution in [0.2, 0.25) is 0 Å². The molecule has 1 unspecified atom stereocenters. The van der Waals surface area contributed by atoms with Gasteiger partial charge in [0.15, 0.2) is 0 Å². The molecule has 1 saturated heterocycles. The Morgan fingerprint density at radius 3 is 2.97 bits per heavy atom. The molecule has 0 amide bonds. The van der Waals surface area contributed by atoms with Gasteiger partial charge in [-0.2, -0.15) is 0 Å². The molecular weight excluding hydrogens is 428 g/mol. The quantitative estimate of drug-likeness (QED) is 0.457. The van der Waals surface area contributed by atoms with Gasteiger partial charge in [-0.15, -0.1) is 0 Å². The number of hydrogen-bond acceptors (Lipinski definition) is 6. The smallest absolute Gasteiger partial charge is 0.325 e. The van der Waals surface area contributed by atoms with Gasteiger partial charge in [-0.25, -0.2) is 4.98 Å². The Morgan fingerprint density at radius 1 is 1.26 bits per heavy atom. The van der Waals surface area contributed by atoms with Crippen LogP contribution in [-0.2, 0) is 17.6 Å². The van der Waals surface area contributed by atoms with Gasteiger partial charge in [-0.3, -0.25) is 14.7 Å². The number of nitrogens with one attached hydrogen (secondary N) is 1. The summed E-state index contributed by atoms with van der Waals surface area (Å²) in [4.78, 5) is 23.3. The number of nitrogens with zero attached hydrogens (tertiary/aromatic N) is 3. The molecule has 7 heteroatoms. The first-order chi connectivity index (χ1) is 16.5. The van der Waals surface area contributed by atoms with Gasteiger partial charge in [0.1, 0.15) is 17.6 Å². The number of unbranched alkanes of at least 4 members (excludes halogenated alkanes) is 2. The van der Waals surface area contributed by atoms with E-state index in [0.29, 0.717) is 17.2 Å². The van der Waals surface area contributed by atoms with Crippen molar-refractivity contribution in [3.63, 3.8) is 0 Å². The standard InChI is InChI=1S/C27H38N4O3/c1-19(2)34-24-17-28-15-12-23(24)25(27(32)33)31-16-13-20(18-31)7-4-3-5-9-22-11-10-21-8-6-14-29-26(21)30-22/h10-12,15,17,19-20,25H,3-9,13-14,16,18H2,1-2H3,(H,29,30)(H,32,33)/t20-,25?/m1/s1. The summed E-state index contributed by atoms with van der Waals surface area (Å²) in [6, 6.07) is 5.51. The first-order valence-electron chi connectivity index (χ1n) is 12.8. The maximum atomic E-state index is 12.2. The van der Waals surface area contributed by atoms with E-state index in [9.17, 15) is 9.90 Å². The number of hydrogen-bond donors (Lipinski definition) is 2. The van der Waals surface area contributed by atoms with Gasteiger partial charge in [0.05, 0.1) is 12.3 Å². The molecule has 0 saturated carbocycles. The third kappa shape index (κ3) is 6.26. The van der Waals surface area contributed by atoms with Crippen LogP contribution in [0.3, 0.4) is 0 Å². The number of likely N-dealkylation sites (tertiary alicyclic amines) is 1. The van der Waals surface area contributed by atoms with E-state index >= 15 is 0 Å². The SMILES string of the molecule is CC(C)Oc1cnccc1C(C(=O)O)N1CC[C@@H](CCCCCc2ccc3c(n2)NCCC3)C1. The second kappa shape index (κ2) is 11.6. The van der Waals surface area contributed by atoms with Crippen LogP contribution < -0.4 is 10.1 Å². The fourth-order valence-corrected chi connectivity index (χ4v) is 5.21. The number of rotatable bonds is 11. The highest BCUT2D eigenvalue weighted by Crippen LogP contribution is 2.34. The lowest BCUT2D eigenvalue weighted by Crippen LogP contribution is -2.33. The van der Waals surface area contributed by atoms with Crippen molar-refractivity contribution in [2.24, 2.45) is 5.92 Å². The van der Waals surface area contributed by atoms with Crippen molar-refractivity contribution in [2.75, 3.05) is 25.0 Å². The lowest BCUT2D eigenvalue weighted by Gasteiger charge is -2.26. The average Bonchev–Trinajstić information content (AvgIpc) is 3.27. The molecule has 2 aromatic heterocycles. The van der Waals surface area contributed by atoms with Gasteiger partial charge in [0.2, 0.25) is 0 Å². The highest BCUT2D eigenvalue weighted by Gasteiger charge is 2.35. The minimum atomic E-state index is -0.826. The number of pyridine rings is 2. The van der Waals surface area contributed by atoms with E-state index in [1.807, 2.05) is 13.8 Å². The van der Waals surface area contributed by atoms with E-state index in [4.69, 9.17) is 9.72 Å². The second-order valence-electron chi connectivity index (χ2n) is 9.91. The van der Waals surface area contributed by atoms with Crippen LogP contribution in [0, 0.1) is 5.92 Å². The van der Waals surface area contributed by atoms with Crippen molar-refractivity contribution in [1.29, 1.82) is 0 Å². The molecule has 0 bridgehead atoms. The molecular formula is C27H38N4O3. The largest absolute Gasteiger partial charge is 0.489 e. The van der Waals surface area contributed by atoms with Crippen LogP contribution in [0.5, 0.6) is 5.75 Å². The molecule has 2 N–H and O–H groups in total. The van der Waals surface area contributed by atoms with Crippen molar-refractivity contribution in [1.82, 2.24) is 14.9 Å². The fraction of sp³-hybridized carbons (Fsp3) is 0.593. The third-order valence-corrected chi connectivity index (χ3v) is 6.89. The summed E-state index contributed by atoms with van der Waals surface area (Å²) >= 11 is 0. The molecule has 0 aromatic carbocycles. The molecule has 4 heterocycles. The topological polar surface area (TPSA) is 87.6 Å². The summed E-state index contributed by atoms with van der Waals surface area (Å²) in [5, 5.41) is 13.5. The zero-order chi connectivity index (χ0) is 23.9. The van der Waals surface area contributed by atoms with Crippen LogP contribution >= 0.6 is 0 Å². The number of anilines is 1. The highest BCUT2D eigenvalue weighted by atomic mass is 16.5. The minimum absolute atomic E-state index is 0.0310. The van der Waals surface area contributed by atoms with Crippen molar-refractivity contribution in [2.45, 2.75) is 77.4 Å². The van der Waals surface area contributed by atoms with E-state index < -0.39 is 12.0 Å². The molecule has 2 aromatic rings. The normalized spacial score (nSPS) is 19.0. The number of carboxylic acid groups (broad SMARTS) is 1. The van der Waals surface area contributed by atoms with Crippen LogP contribution in [0.15, 0.2) is 30.6 Å². The summed E-state index contributed by atoms with van der Waals surface area (Å²) in [5.74, 6) is 1.37. The Bertz CT molecular complexity index is 965. The van der Waals surface area contributed by atoms with E-state index in [-0.39, 0.29) is 6.10 Å². The molecule has 34 heavy (non-hydrogen) atoms. The Morgan fingerprint density at radius 2 is 2.15 bits per heavy atom. The van der Waals surface area contributed by atoms with Crippen LogP contribution in [0.1, 0.15) is 75.2 Å². The Hall–Kier alpha value is -2.67. The Labute approximate surface area is 202 Å². The van der Waals surface area contributed by atoms with Crippen LogP contribution in [0.25, 0.3) is 0 Å². The van der Waals surface area contributed by atoms with Gasteiger partial charge in [-0.05, 0) is 82.5 Å². The summed E-state index contributed by atoms with van der Waals surface area (Å²) in [7, 11) is 0. The number of aliphatic carboxylic acids is 1. The van der Waals surface area contributed by atoms with Crippen LogP contribution in [-0.4, -0.2) is 51.7 Å². The third-order valence-electron chi connectivity index (χ3n) is 6.89. The lowest BCUT2D eigenvalue weighted by molar-refractivity contribution is -0.143. The monoisotopic (exact) mass is 466 g/mol. The number of carboxylic acids is 1. The first kappa shape index (κ1) is 24.5.